The summed E-state index contributed by atoms with van der Waals surface area (Å²) in [6, 6.07) is 10.4. The van der Waals surface area contributed by atoms with Crippen molar-refractivity contribution in [3.05, 3.63) is 48.0 Å². The second kappa shape index (κ2) is 6.70. The third kappa shape index (κ3) is 3.29. The lowest BCUT2D eigenvalue weighted by molar-refractivity contribution is 0.298. The van der Waals surface area contributed by atoms with Crippen molar-refractivity contribution in [2.75, 3.05) is 0 Å². The Morgan fingerprint density at radius 1 is 1.08 bits per heavy atom. The normalized spacial score (nSPS) is 13.9. The van der Waals surface area contributed by atoms with Crippen molar-refractivity contribution >= 4 is 0 Å². The Bertz CT molecular complexity index is 847. The van der Waals surface area contributed by atoms with E-state index in [0.717, 1.165) is 41.6 Å². The Morgan fingerprint density at radius 2 is 1.92 bits per heavy atom. The maximum Gasteiger partial charge on any atom is 0.163 e. The van der Waals surface area contributed by atoms with Crippen LogP contribution in [0.4, 0.5) is 0 Å². The van der Waals surface area contributed by atoms with Crippen LogP contribution in [0, 0.1) is 0 Å². The highest BCUT2D eigenvalue weighted by atomic mass is 16.5. The second-order valence-corrected chi connectivity index (χ2v) is 6.74. The van der Waals surface area contributed by atoms with Gasteiger partial charge in [-0.25, -0.2) is 0 Å². The number of aryl methyl sites for hydroxylation is 1. The molecule has 0 unspecified atom stereocenters. The summed E-state index contributed by atoms with van der Waals surface area (Å²) in [6.45, 7) is 5.70. The van der Waals surface area contributed by atoms with E-state index >= 15 is 0 Å². The number of aromatic nitrogens is 5. The zero-order valence-electron chi connectivity index (χ0n) is 14.7. The van der Waals surface area contributed by atoms with Gasteiger partial charge >= 0.3 is 0 Å². The molecule has 130 valence electrons. The van der Waals surface area contributed by atoms with Crippen molar-refractivity contribution in [2.24, 2.45) is 0 Å². The number of fused-ring (bicyclic) bond motifs is 1. The molecule has 0 saturated carbocycles. The molecule has 1 aromatic carbocycles. The maximum absolute atomic E-state index is 5.85. The van der Waals surface area contributed by atoms with Crippen molar-refractivity contribution in [1.29, 1.82) is 0 Å². The minimum atomic E-state index is 0.363. The van der Waals surface area contributed by atoms with Gasteiger partial charge in [-0.15, -0.1) is 10.2 Å². The molecule has 6 nitrogen and oxygen atoms in total. The third-order valence-corrected chi connectivity index (χ3v) is 4.55. The number of rotatable bonds is 5. The summed E-state index contributed by atoms with van der Waals surface area (Å²) in [4.78, 5) is 0. The first-order valence-corrected chi connectivity index (χ1v) is 8.90. The van der Waals surface area contributed by atoms with E-state index in [-0.39, 0.29) is 0 Å². The van der Waals surface area contributed by atoms with Crippen LogP contribution in [-0.2, 0) is 19.6 Å². The molecule has 0 N–H and O–H groups in total. The SMILES string of the molecule is CC(C)n1ccc(COc2ccc(-c3nnc4n3CCCC4)cc2)n1. The van der Waals surface area contributed by atoms with Crippen LogP contribution in [0.2, 0.25) is 0 Å². The molecule has 0 atom stereocenters. The minimum absolute atomic E-state index is 0.363. The predicted octanol–water partition coefficient (Wildman–Crippen LogP) is 3.64. The zero-order valence-corrected chi connectivity index (χ0v) is 14.7. The van der Waals surface area contributed by atoms with Gasteiger partial charge in [0.25, 0.3) is 0 Å². The Hall–Kier alpha value is -2.63. The van der Waals surface area contributed by atoms with Crippen molar-refractivity contribution in [1.82, 2.24) is 24.5 Å². The first-order valence-electron chi connectivity index (χ1n) is 8.90. The molecule has 6 heteroatoms. The van der Waals surface area contributed by atoms with Crippen molar-refractivity contribution in [2.45, 2.75) is 52.3 Å². The van der Waals surface area contributed by atoms with Crippen molar-refractivity contribution in [3.8, 4) is 17.1 Å². The van der Waals surface area contributed by atoms with E-state index in [9.17, 15) is 0 Å². The first kappa shape index (κ1) is 15.9. The Balaban J connectivity index is 1.44. The molecule has 0 bridgehead atoms. The molecule has 1 aliphatic rings. The number of ether oxygens (including phenoxy) is 1. The number of hydrogen-bond acceptors (Lipinski definition) is 4. The Morgan fingerprint density at radius 3 is 2.68 bits per heavy atom. The molecule has 2 aromatic heterocycles. The fourth-order valence-corrected chi connectivity index (χ4v) is 3.12. The summed E-state index contributed by atoms with van der Waals surface area (Å²) < 4.78 is 10.0. The molecule has 25 heavy (non-hydrogen) atoms. The molecular formula is C19H23N5O. The highest BCUT2D eigenvalue weighted by Crippen LogP contribution is 2.25. The second-order valence-electron chi connectivity index (χ2n) is 6.74. The molecule has 0 aliphatic carbocycles. The Kier molecular flexibility index (Phi) is 4.26. The summed E-state index contributed by atoms with van der Waals surface area (Å²) in [6.07, 6.45) is 5.41. The first-order chi connectivity index (χ1) is 12.2. The average molecular weight is 337 g/mol. The van der Waals surface area contributed by atoms with Gasteiger partial charge in [-0.05, 0) is 57.0 Å². The van der Waals surface area contributed by atoms with E-state index in [4.69, 9.17) is 4.74 Å². The molecule has 0 radical (unpaired) electrons. The van der Waals surface area contributed by atoms with Crippen molar-refractivity contribution < 1.29 is 4.74 Å². The van der Waals surface area contributed by atoms with Crippen LogP contribution >= 0.6 is 0 Å². The maximum atomic E-state index is 5.85. The molecule has 0 saturated heterocycles. The lowest BCUT2D eigenvalue weighted by atomic mass is 10.1. The molecule has 3 aromatic rings. The van der Waals surface area contributed by atoms with Crippen LogP contribution in [0.5, 0.6) is 5.75 Å². The van der Waals surface area contributed by atoms with Gasteiger partial charge in [0.15, 0.2) is 5.82 Å². The fourth-order valence-electron chi connectivity index (χ4n) is 3.12. The van der Waals surface area contributed by atoms with E-state index < -0.39 is 0 Å². The minimum Gasteiger partial charge on any atom is -0.487 e. The van der Waals surface area contributed by atoms with Crippen LogP contribution in [0.1, 0.15) is 44.2 Å². The summed E-state index contributed by atoms with van der Waals surface area (Å²) in [5, 5.41) is 13.2. The molecular weight excluding hydrogens is 314 g/mol. The summed E-state index contributed by atoms with van der Waals surface area (Å²) in [5.41, 5.74) is 2.02. The van der Waals surface area contributed by atoms with Crippen LogP contribution in [0.3, 0.4) is 0 Å². The van der Waals surface area contributed by atoms with E-state index in [1.807, 2.05) is 41.2 Å². The average Bonchev–Trinajstić information content (AvgIpc) is 3.28. The third-order valence-electron chi connectivity index (χ3n) is 4.55. The Labute approximate surface area is 147 Å². The topological polar surface area (TPSA) is 57.8 Å². The summed E-state index contributed by atoms with van der Waals surface area (Å²) in [7, 11) is 0. The molecule has 4 rings (SSSR count). The smallest absolute Gasteiger partial charge is 0.163 e. The molecule has 3 heterocycles. The molecule has 0 fully saturated rings. The number of hydrogen-bond donors (Lipinski definition) is 0. The monoisotopic (exact) mass is 337 g/mol. The van der Waals surface area contributed by atoms with Gasteiger partial charge in [0.2, 0.25) is 0 Å². The van der Waals surface area contributed by atoms with Gasteiger partial charge < -0.3 is 9.30 Å². The van der Waals surface area contributed by atoms with Gasteiger partial charge in [-0.3, -0.25) is 4.68 Å². The van der Waals surface area contributed by atoms with E-state index in [1.165, 1.54) is 12.8 Å². The molecule has 0 spiro atoms. The van der Waals surface area contributed by atoms with Crippen LogP contribution in [0.15, 0.2) is 36.5 Å². The van der Waals surface area contributed by atoms with E-state index in [2.05, 4.69) is 33.7 Å². The van der Waals surface area contributed by atoms with Crippen LogP contribution in [-0.4, -0.2) is 24.5 Å². The predicted molar refractivity (Wildman–Crippen MR) is 95.3 cm³/mol. The molecule has 1 aliphatic heterocycles. The lowest BCUT2D eigenvalue weighted by Gasteiger charge is -2.14. The lowest BCUT2D eigenvalue weighted by Crippen LogP contribution is -2.11. The largest absolute Gasteiger partial charge is 0.487 e. The quantitative estimate of drug-likeness (QED) is 0.713. The highest BCUT2D eigenvalue weighted by molar-refractivity contribution is 5.56. The number of nitrogens with zero attached hydrogens (tertiary/aromatic N) is 5. The van der Waals surface area contributed by atoms with Gasteiger partial charge in [0.1, 0.15) is 18.2 Å². The van der Waals surface area contributed by atoms with Crippen LogP contribution in [0.25, 0.3) is 11.4 Å². The fraction of sp³-hybridized carbons (Fsp3) is 0.421. The molecule has 0 amide bonds. The summed E-state index contributed by atoms with van der Waals surface area (Å²) >= 11 is 0. The van der Waals surface area contributed by atoms with Gasteiger partial charge in [0, 0.05) is 30.8 Å². The number of benzene rings is 1. The van der Waals surface area contributed by atoms with Gasteiger partial charge in [-0.1, -0.05) is 0 Å². The van der Waals surface area contributed by atoms with Gasteiger partial charge in [-0.2, -0.15) is 5.10 Å². The standard InChI is InChI=1S/C19H23N5O/c1-14(2)24-12-10-16(22-24)13-25-17-8-6-15(7-9-17)19-21-20-18-5-3-4-11-23(18)19/h6-10,12,14H,3-5,11,13H2,1-2H3. The van der Waals surface area contributed by atoms with E-state index in [0.29, 0.717) is 12.6 Å². The van der Waals surface area contributed by atoms with Crippen molar-refractivity contribution in [3.63, 3.8) is 0 Å². The zero-order chi connectivity index (χ0) is 17.2. The van der Waals surface area contributed by atoms with Crippen LogP contribution < -0.4 is 4.74 Å². The summed E-state index contributed by atoms with van der Waals surface area (Å²) in [5.74, 6) is 2.89. The highest BCUT2D eigenvalue weighted by Gasteiger charge is 2.16. The van der Waals surface area contributed by atoms with Gasteiger partial charge in [0.05, 0.1) is 5.69 Å². The van der Waals surface area contributed by atoms with E-state index in [1.54, 1.807) is 0 Å².